The van der Waals surface area contributed by atoms with Gasteiger partial charge in [-0.3, -0.25) is 4.90 Å². The van der Waals surface area contributed by atoms with Gasteiger partial charge in [0.15, 0.2) is 11.5 Å². The van der Waals surface area contributed by atoms with Crippen LogP contribution < -0.4 is 19.1 Å². The Morgan fingerprint density at radius 3 is 2.38 bits per heavy atom. The molecule has 2 fully saturated rings. The maximum absolute atomic E-state index is 5.69. The van der Waals surface area contributed by atoms with Crippen LogP contribution in [0.4, 0.5) is 5.69 Å². The van der Waals surface area contributed by atoms with Crippen molar-refractivity contribution in [1.82, 2.24) is 4.90 Å². The van der Waals surface area contributed by atoms with Crippen molar-refractivity contribution >= 4 is 5.69 Å². The van der Waals surface area contributed by atoms with Gasteiger partial charge in [-0.05, 0) is 42.0 Å². The summed E-state index contributed by atoms with van der Waals surface area (Å²) in [5.41, 5.74) is 3.07. The van der Waals surface area contributed by atoms with E-state index in [1.807, 2.05) is 18.2 Å². The fourth-order valence-corrected chi connectivity index (χ4v) is 4.40. The molecule has 0 aromatic heterocycles. The van der Waals surface area contributed by atoms with Gasteiger partial charge in [0, 0.05) is 43.8 Å². The summed E-state index contributed by atoms with van der Waals surface area (Å²) < 4.78 is 16.5. The molecule has 0 atom stereocenters. The van der Waals surface area contributed by atoms with Crippen molar-refractivity contribution in [3.8, 4) is 17.2 Å². The van der Waals surface area contributed by atoms with Gasteiger partial charge in [-0.15, -0.1) is 0 Å². The van der Waals surface area contributed by atoms with Crippen LogP contribution in [0.2, 0.25) is 0 Å². The summed E-state index contributed by atoms with van der Waals surface area (Å²) >= 11 is 0. The molecule has 2 aromatic rings. The molecule has 0 bridgehead atoms. The van der Waals surface area contributed by atoms with Crippen LogP contribution in [-0.2, 0) is 6.54 Å². The minimum Gasteiger partial charge on any atom is -0.497 e. The number of fused-ring (bicyclic) bond motifs is 1. The van der Waals surface area contributed by atoms with E-state index >= 15 is 0 Å². The largest absolute Gasteiger partial charge is 0.497 e. The zero-order chi connectivity index (χ0) is 17.6. The summed E-state index contributed by atoms with van der Waals surface area (Å²) in [5.74, 6) is 2.67. The molecule has 0 aliphatic carbocycles. The van der Waals surface area contributed by atoms with E-state index in [-0.39, 0.29) is 0 Å². The number of likely N-dealkylation sites (tertiary alicyclic amines) is 1. The number of hydrogen-bond acceptors (Lipinski definition) is 5. The molecule has 3 aliphatic rings. The van der Waals surface area contributed by atoms with Gasteiger partial charge in [-0.1, -0.05) is 6.07 Å². The first-order valence-electron chi connectivity index (χ1n) is 9.23. The lowest BCUT2D eigenvalue weighted by Gasteiger charge is -2.61. The number of ether oxygens (including phenoxy) is 3. The first-order chi connectivity index (χ1) is 12.7. The van der Waals surface area contributed by atoms with Crippen LogP contribution in [-0.4, -0.2) is 51.4 Å². The molecule has 3 aliphatic heterocycles. The van der Waals surface area contributed by atoms with Crippen LogP contribution in [0.5, 0.6) is 17.2 Å². The van der Waals surface area contributed by atoms with Gasteiger partial charge in [0.05, 0.1) is 7.11 Å². The van der Waals surface area contributed by atoms with Gasteiger partial charge in [0.2, 0.25) is 0 Å². The second kappa shape index (κ2) is 6.09. The van der Waals surface area contributed by atoms with Gasteiger partial charge >= 0.3 is 0 Å². The first-order valence-corrected chi connectivity index (χ1v) is 9.23. The molecule has 5 nitrogen and oxygen atoms in total. The van der Waals surface area contributed by atoms with Crippen molar-refractivity contribution in [1.29, 1.82) is 0 Å². The summed E-state index contributed by atoms with van der Waals surface area (Å²) in [6.07, 6.45) is 0. The number of benzene rings is 2. The van der Waals surface area contributed by atoms with Crippen LogP contribution in [0, 0.1) is 5.41 Å². The van der Waals surface area contributed by atoms with Crippen LogP contribution in [0.3, 0.4) is 0 Å². The summed E-state index contributed by atoms with van der Waals surface area (Å²) in [6, 6.07) is 14.7. The standard InChI is InChI=1S/C21H24N2O3/c1-24-18-5-3-17(4-6-18)23-14-21(15-23)12-22(13-21)11-16-2-7-19-20(10-16)26-9-8-25-19/h2-7,10H,8-9,11-15H2,1H3. The van der Waals surface area contributed by atoms with E-state index in [2.05, 4.69) is 34.1 Å². The van der Waals surface area contributed by atoms with Crippen LogP contribution in [0.15, 0.2) is 42.5 Å². The van der Waals surface area contributed by atoms with Crippen molar-refractivity contribution in [2.75, 3.05) is 51.4 Å². The van der Waals surface area contributed by atoms with Gasteiger partial charge in [0.25, 0.3) is 0 Å². The Balaban J connectivity index is 1.15. The number of rotatable bonds is 4. The van der Waals surface area contributed by atoms with E-state index in [1.165, 1.54) is 24.3 Å². The third-order valence-corrected chi connectivity index (χ3v) is 5.62. The predicted molar refractivity (Wildman–Crippen MR) is 100 cm³/mol. The fourth-order valence-electron chi connectivity index (χ4n) is 4.40. The van der Waals surface area contributed by atoms with Crippen LogP contribution >= 0.6 is 0 Å². The van der Waals surface area contributed by atoms with Crippen LogP contribution in [0.1, 0.15) is 5.56 Å². The van der Waals surface area contributed by atoms with E-state index in [4.69, 9.17) is 14.2 Å². The Kier molecular flexibility index (Phi) is 3.71. The zero-order valence-electron chi connectivity index (χ0n) is 15.1. The number of hydrogen-bond donors (Lipinski definition) is 0. The van der Waals surface area contributed by atoms with Gasteiger partial charge in [-0.2, -0.15) is 0 Å². The summed E-state index contributed by atoms with van der Waals surface area (Å²) in [6.45, 7) is 6.92. The molecule has 1 spiro atoms. The molecule has 2 saturated heterocycles. The van der Waals surface area contributed by atoms with Gasteiger partial charge in [-0.25, -0.2) is 0 Å². The Bertz CT molecular complexity index is 791. The third-order valence-electron chi connectivity index (χ3n) is 5.62. The molecule has 3 heterocycles. The predicted octanol–water partition coefficient (Wildman–Crippen LogP) is 2.79. The highest BCUT2D eigenvalue weighted by molar-refractivity contribution is 5.52. The summed E-state index contributed by atoms with van der Waals surface area (Å²) in [5, 5.41) is 0. The Morgan fingerprint density at radius 2 is 1.65 bits per heavy atom. The van der Waals surface area contributed by atoms with Crippen molar-refractivity contribution in [3.05, 3.63) is 48.0 Å². The highest BCUT2D eigenvalue weighted by Crippen LogP contribution is 2.43. The minimum absolute atomic E-state index is 0.480. The SMILES string of the molecule is COc1ccc(N2CC3(CN(Cc4ccc5c(c4)OCCO5)C3)C2)cc1. The van der Waals surface area contributed by atoms with Crippen molar-refractivity contribution < 1.29 is 14.2 Å². The highest BCUT2D eigenvalue weighted by atomic mass is 16.6. The molecular weight excluding hydrogens is 328 g/mol. The number of nitrogens with zero attached hydrogens (tertiary/aromatic N) is 2. The molecule has 0 saturated carbocycles. The van der Waals surface area contributed by atoms with Crippen molar-refractivity contribution in [3.63, 3.8) is 0 Å². The molecule has 5 heteroatoms. The molecule has 2 aromatic carbocycles. The van der Waals surface area contributed by atoms with Crippen molar-refractivity contribution in [2.24, 2.45) is 5.41 Å². The summed E-state index contributed by atoms with van der Waals surface area (Å²) in [4.78, 5) is 4.98. The average Bonchev–Trinajstić information content (AvgIpc) is 2.62. The van der Waals surface area contributed by atoms with E-state index in [9.17, 15) is 0 Å². The average molecular weight is 352 g/mol. The van der Waals surface area contributed by atoms with Crippen molar-refractivity contribution in [2.45, 2.75) is 6.54 Å². The second-order valence-corrected chi connectivity index (χ2v) is 7.68. The Morgan fingerprint density at radius 1 is 0.923 bits per heavy atom. The maximum Gasteiger partial charge on any atom is 0.161 e. The highest BCUT2D eigenvalue weighted by Gasteiger charge is 2.51. The molecule has 0 N–H and O–H groups in total. The lowest BCUT2D eigenvalue weighted by atomic mass is 9.72. The minimum atomic E-state index is 0.480. The van der Waals surface area contributed by atoms with E-state index < -0.39 is 0 Å². The topological polar surface area (TPSA) is 34.2 Å². The molecule has 0 unspecified atom stereocenters. The summed E-state index contributed by atoms with van der Waals surface area (Å²) in [7, 11) is 1.71. The monoisotopic (exact) mass is 352 g/mol. The lowest BCUT2D eigenvalue weighted by Crippen LogP contribution is -2.71. The molecular formula is C21H24N2O3. The second-order valence-electron chi connectivity index (χ2n) is 7.68. The normalized spacial score (nSPS) is 20.4. The Labute approximate surface area is 154 Å². The lowest BCUT2D eigenvalue weighted by molar-refractivity contribution is -0.0273. The van der Waals surface area contributed by atoms with E-state index in [1.54, 1.807) is 7.11 Å². The fraction of sp³-hybridized carbons (Fsp3) is 0.429. The Hall–Kier alpha value is -2.40. The maximum atomic E-state index is 5.69. The number of anilines is 1. The molecule has 5 rings (SSSR count). The molecule has 0 radical (unpaired) electrons. The van der Waals surface area contributed by atoms with E-state index in [0.29, 0.717) is 18.6 Å². The number of methoxy groups -OCH3 is 1. The van der Waals surface area contributed by atoms with Gasteiger partial charge < -0.3 is 19.1 Å². The molecule has 0 amide bonds. The molecule has 136 valence electrons. The zero-order valence-corrected chi connectivity index (χ0v) is 15.1. The quantitative estimate of drug-likeness (QED) is 0.845. The molecule has 26 heavy (non-hydrogen) atoms. The third kappa shape index (κ3) is 2.76. The van der Waals surface area contributed by atoms with Gasteiger partial charge in [0.1, 0.15) is 19.0 Å². The van der Waals surface area contributed by atoms with E-state index in [0.717, 1.165) is 36.9 Å². The van der Waals surface area contributed by atoms with Crippen LogP contribution in [0.25, 0.3) is 0 Å². The smallest absolute Gasteiger partial charge is 0.161 e. The first kappa shape index (κ1) is 15.8.